The predicted molar refractivity (Wildman–Crippen MR) is 106 cm³/mol. The van der Waals surface area contributed by atoms with Gasteiger partial charge in [-0.2, -0.15) is 0 Å². The van der Waals surface area contributed by atoms with Crippen molar-refractivity contribution in [1.29, 1.82) is 0 Å². The maximum Gasteiger partial charge on any atom is 0.319 e. The highest BCUT2D eigenvalue weighted by Crippen LogP contribution is 2.11. The van der Waals surface area contributed by atoms with Gasteiger partial charge in [-0.05, 0) is 41.3 Å². The molecule has 0 aliphatic heterocycles. The van der Waals surface area contributed by atoms with Gasteiger partial charge in [-0.15, -0.1) is 0 Å². The standard InChI is InChI=1S/C20H27N5O2/c1-3-14(2)18(21)19(26)23-13-16-5-4-6-17(11-16)25-20(27)24-12-15-7-9-22-10-8-15/h4-11,14,18H,3,12-13,21H2,1-2H3,(H,23,26)(H2,24,25,27). The number of hydrogen-bond donors (Lipinski definition) is 4. The molecule has 27 heavy (non-hydrogen) atoms. The largest absolute Gasteiger partial charge is 0.351 e. The van der Waals surface area contributed by atoms with E-state index in [9.17, 15) is 9.59 Å². The summed E-state index contributed by atoms with van der Waals surface area (Å²) >= 11 is 0. The van der Waals surface area contributed by atoms with Crippen molar-refractivity contribution in [2.75, 3.05) is 5.32 Å². The van der Waals surface area contributed by atoms with E-state index in [0.717, 1.165) is 17.5 Å². The summed E-state index contributed by atoms with van der Waals surface area (Å²) in [6, 6.07) is 10.2. The van der Waals surface area contributed by atoms with Crippen LogP contribution in [0.25, 0.3) is 0 Å². The van der Waals surface area contributed by atoms with E-state index in [1.165, 1.54) is 0 Å². The maximum absolute atomic E-state index is 12.1. The van der Waals surface area contributed by atoms with Crippen LogP contribution in [0.3, 0.4) is 0 Å². The first-order chi connectivity index (χ1) is 13.0. The summed E-state index contributed by atoms with van der Waals surface area (Å²) < 4.78 is 0. The molecule has 0 bridgehead atoms. The van der Waals surface area contributed by atoms with E-state index in [0.29, 0.717) is 18.8 Å². The molecular weight excluding hydrogens is 342 g/mol. The summed E-state index contributed by atoms with van der Waals surface area (Å²) in [5.74, 6) is -0.0418. The normalized spacial score (nSPS) is 12.7. The molecule has 5 N–H and O–H groups in total. The molecule has 1 heterocycles. The number of aromatic nitrogens is 1. The van der Waals surface area contributed by atoms with Crippen molar-refractivity contribution in [3.8, 4) is 0 Å². The SMILES string of the molecule is CCC(C)C(N)C(=O)NCc1cccc(NC(=O)NCc2ccncc2)c1. The molecule has 144 valence electrons. The zero-order chi connectivity index (χ0) is 19.6. The minimum absolute atomic E-state index is 0.127. The fourth-order valence-electron chi connectivity index (χ4n) is 2.44. The Morgan fingerprint density at radius 3 is 2.48 bits per heavy atom. The molecule has 2 rings (SSSR count). The van der Waals surface area contributed by atoms with Gasteiger partial charge in [0.15, 0.2) is 0 Å². The van der Waals surface area contributed by atoms with Crippen LogP contribution < -0.4 is 21.7 Å². The molecule has 1 aromatic carbocycles. The van der Waals surface area contributed by atoms with Crippen LogP contribution in [0.15, 0.2) is 48.8 Å². The van der Waals surface area contributed by atoms with Crippen molar-refractivity contribution in [1.82, 2.24) is 15.6 Å². The van der Waals surface area contributed by atoms with Gasteiger partial charge in [0.25, 0.3) is 0 Å². The molecule has 2 unspecified atom stereocenters. The highest BCUT2D eigenvalue weighted by Gasteiger charge is 2.18. The average molecular weight is 369 g/mol. The number of hydrogen-bond acceptors (Lipinski definition) is 4. The van der Waals surface area contributed by atoms with E-state index >= 15 is 0 Å². The van der Waals surface area contributed by atoms with Gasteiger partial charge < -0.3 is 21.7 Å². The first-order valence-corrected chi connectivity index (χ1v) is 9.05. The summed E-state index contributed by atoms with van der Waals surface area (Å²) in [5, 5.41) is 8.42. The predicted octanol–water partition coefficient (Wildman–Crippen LogP) is 2.39. The molecule has 0 saturated heterocycles. The summed E-state index contributed by atoms with van der Waals surface area (Å²) in [5.41, 5.74) is 8.43. The van der Waals surface area contributed by atoms with Gasteiger partial charge in [0.05, 0.1) is 6.04 Å². The molecule has 0 radical (unpaired) electrons. The van der Waals surface area contributed by atoms with Crippen LogP contribution >= 0.6 is 0 Å². The third-order valence-corrected chi connectivity index (χ3v) is 4.41. The van der Waals surface area contributed by atoms with Gasteiger partial charge in [0.2, 0.25) is 5.91 Å². The molecule has 7 nitrogen and oxygen atoms in total. The van der Waals surface area contributed by atoms with Crippen molar-refractivity contribution >= 4 is 17.6 Å². The number of benzene rings is 1. The molecule has 0 spiro atoms. The van der Waals surface area contributed by atoms with Crippen molar-refractivity contribution in [2.24, 2.45) is 11.7 Å². The molecule has 3 amide bonds. The second-order valence-electron chi connectivity index (χ2n) is 6.49. The first kappa shape index (κ1) is 20.4. The zero-order valence-electron chi connectivity index (χ0n) is 15.7. The number of urea groups is 1. The van der Waals surface area contributed by atoms with Crippen LogP contribution in [-0.4, -0.2) is 23.0 Å². The van der Waals surface area contributed by atoms with Crippen molar-refractivity contribution in [3.05, 3.63) is 59.9 Å². The van der Waals surface area contributed by atoms with Gasteiger partial charge in [0.1, 0.15) is 0 Å². The van der Waals surface area contributed by atoms with E-state index < -0.39 is 6.04 Å². The number of anilines is 1. The van der Waals surface area contributed by atoms with Crippen LogP contribution in [0.1, 0.15) is 31.4 Å². The Morgan fingerprint density at radius 2 is 1.78 bits per heavy atom. The van der Waals surface area contributed by atoms with E-state index in [1.54, 1.807) is 18.5 Å². The highest BCUT2D eigenvalue weighted by molar-refractivity contribution is 5.89. The van der Waals surface area contributed by atoms with Crippen LogP contribution in [0, 0.1) is 5.92 Å². The third-order valence-electron chi connectivity index (χ3n) is 4.41. The Morgan fingerprint density at radius 1 is 1.07 bits per heavy atom. The third kappa shape index (κ3) is 6.71. The summed E-state index contributed by atoms with van der Waals surface area (Å²) in [6.07, 6.45) is 4.21. The van der Waals surface area contributed by atoms with Crippen LogP contribution in [0.4, 0.5) is 10.5 Å². The Balaban J connectivity index is 1.83. The number of nitrogens with zero attached hydrogens (tertiary/aromatic N) is 1. The molecule has 1 aromatic heterocycles. The molecule has 2 atom stereocenters. The minimum atomic E-state index is -0.518. The fraction of sp³-hybridized carbons (Fsp3) is 0.350. The first-order valence-electron chi connectivity index (χ1n) is 9.05. The molecule has 0 saturated carbocycles. The van der Waals surface area contributed by atoms with E-state index in [4.69, 9.17) is 5.73 Å². The maximum atomic E-state index is 12.1. The van der Waals surface area contributed by atoms with Gasteiger partial charge in [-0.1, -0.05) is 32.4 Å². The molecule has 0 aliphatic rings. The van der Waals surface area contributed by atoms with Gasteiger partial charge >= 0.3 is 6.03 Å². The van der Waals surface area contributed by atoms with Gasteiger partial charge in [0, 0.05) is 31.2 Å². The number of pyridine rings is 1. The Labute approximate surface area is 159 Å². The molecule has 2 aromatic rings. The molecule has 0 fully saturated rings. The number of rotatable bonds is 8. The molecule has 0 aliphatic carbocycles. The summed E-state index contributed by atoms with van der Waals surface area (Å²) in [4.78, 5) is 28.1. The Bertz CT molecular complexity index is 751. The van der Waals surface area contributed by atoms with Crippen LogP contribution in [-0.2, 0) is 17.9 Å². The highest BCUT2D eigenvalue weighted by atomic mass is 16.2. The lowest BCUT2D eigenvalue weighted by atomic mass is 9.99. The lowest BCUT2D eigenvalue weighted by Crippen LogP contribution is -2.44. The summed E-state index contributed by atoms with van der Waals surface area (Å²) in [7, 11) is 0. The number of nitrogens with two attached hydrogens (primary N) is 1. The smallest absolute Gasteiger partial charge is 0.319 e. The van der Waals surface area contributed by atoms with Crippen LogP contribution in [0.2, 0.25) is 0 Å². The fourth-order valence-corrected chi connectivity index (χ4v) is 2.44. The van der Waals surface area contributed by atoms with E-state index in [2.05, 4.69) is 20.9 Å². The lowest BCUT2D eigenvalue weighted by Gasteiger charge is -2.17. The second kappa shape index (κ2) is 10.3. The van der Waals surface area contributed by atoms with Crippen molar-refractivity contribution < 1.29 is 9.59 Å². The number of nitrogens with one attached hydrogen (secondary N) is 3. The molecular formula is C20H27N5O2. The minimum Gasteiger partial charge on any atom is -0.351 e. The zero-order valence-corrected chi connectivity index (χ0v) is 15.7. The van der Waals surface area contributed by atoms with E-state index in [-0.39, 0.29) is 17.9 Å². The number of carbonyl (C=O) groups is 2. The van der Waals surface area contributed by atoms with Crippen molar-refractivity contribution in [2.45, 2.75) is 39.4 Å². The Kier molecular flexibility index (Phi) is 7.76. The average Bonchev–Trinajstić information content (AvgIpc) is 2.70. The monoisotopic (exact) mass is 369 g/mol. The number of amides is 3. The quantitative estimate of drug-likeness (QED) is 0.573. The van der Waals surface area contributed by atoms with Crippen molar-refractivity contribution in [3.63, 3.8) is 0 Å². The summed E-state index contributed by atoms with van der Waals surface area (Å²) in [6.45, 7) is 4.74. The second-order valence-corrected chi connectivity index (χ2v) is 6.49. The van der Waals surface area contributed by atoms with Crippen LogP contribution in [0.5, 0.6) is 0 Å². The van der Waals surface area contributed by atoms with Gasteiger partial charge in [-0.25, -0.2) is 4.79 Å². The molecule has 7 heteroatoms. The van der Waals surface area contributed by atoms with E-state index in [1.807, 2.05) is 44.2 Å². The number of carbonyl (C=O) groups excluding carboxylic acids is 2. The van der Waals surface area contributed by atoms with Gasteiger partial charge in [-0.3, -0.25) is 9.78 Å². The topological polar surface area (TPSA) is 109 Å². The lowest BCUT2D eigenvalue weighted by molar-refractivity contribution is -0.123. The Hall–Kier alpha value is -2.93.